The van der Waals surface area contributed by atoms with Crippen LogP contribution in [0.4, 0.5) is 10.5 Å². The van der Waals surface area contributed by atoms with Gasteiger partial charge in [-0.1, -0.05) is 45.0 Å². The lowest BCUT2D eigenvalue weighted by atomic mass is 9.86. The molecule has 0 saturated heterocycles. The molecule has 0 spiro atoms. The molecule has 0 radical (unpaired) electrons. The van der Waals surface area contributed by atoms with Crippen molar-refractivity contribution in [1.82, 2.24) is 10.9 Å². The van der Waals surface area contributed by atoms with Crippen LogP contribution >= 0.6 is 0 Å². The third kappa shape index (κ3) is 5.03. The molecule has 3 N–H and O–H groups in total. The van der Waals surface area contributed by atoms with Gasteiger partial charge in [-0.25, -0.2) is 10.2 Å². The first-order valence-electron chi connectivity index (χ1n) is 9.92. The maximum atomic E-state index is 12.4. The molecule has 0 heterocycles. The average Bonchev–Trinajstić information content (AvgIpc) is 3.53. The van der Waals surface area contributed by atoms with Crippen LogP contribution in [0.5, 0.6) is 11.5 Å². The summed E-state index contributed by atoms with van der Waals surface area (Å²) in [6.07, 6.45) is 0.774. The number of anilines is 1. The number of carbonyl (C=O) groups excluding carboxylic acids is 2. The van der Waals surface area contributed by atoms with E-state index < -0.39 is 6.03 Å². The molecule has 1 aliphatic rings. The van der Waals surface area contributed by atoms with Gasteiger partial charge in [-0.3, -0.25) is 10.2 Å². The third-order valence-electron chi connectivity index (χ3n) is 5.29. The molecular weight excluding hydrogens is 382 g/mol. The van der Waals surface area contributed by atoms with Gasteiger partial charge >= 0.3 is 6.03 Å². The van der Waals surface area contributed by atoms with Crippen LogP contribution in [0.1, 0.15) is 44.2 Å². The number of ether oxygens (including phenoxy) is 2. The average molecular weight is 412 g/mol. The number of urea groups is 1. The van der Waals surface area contributed by atoms with Gasteiger partial charge in [0.25, 0.3) is 0 Å². The number of carbonyl (C=O) groups is 2. The van der Waals surface area contributed by atoms with Gasteiger partial charge in [0.2, 0.25) is 5.91 Å². The second-order valence-corrected chi connectivity index (χ2v) is 8.46. The Bertz CT molecular complexity index is 919. The Labute approximate surface area is 177 Å². The summed E-state index contributed by atoms with van der Waals surface area (Å²) in [5.74, 6) is 0.918. The van der Waals surface area contributed by atoms with E-state index in [1.807, 2.05) is 0 Å². The SMILES string of the molecule is COc1ccc(NC(=O)NNC(=O)[C@@H]2C[C@@H]2c2ccc(C(C)(C)C)cc2)c(OC)c1. The van der Waals surface area contributed by atoms with Gasteiger partial charge in [0.05, 0.1) is 19.9 Å². The van der Waals surface area contributed by atoms with Crippen molar-refractivity contribution in [3.63, 3.8) is 0 Å². The van der Waals surface area contributed by atoms with Gasteiger partial charge in [0.1, 0.15) is 11.5 Å². The van der Waals surface area contributed by atoms with Crippen molar-refractivity contribution in [2.45, 2.75) is 38.5 Å². The number of nitrogens with one attached hydrogen (secondary N) is 3. The zero-order valence-electron chi connectivity index (χ0n) is 18.0. The summed E-state index contributed by atoms with van der Waals surface area (Å²) in [5.41, 5.74) is 7.87. The number of hydrazine groups is 1. The highest BCUT2D eigenvalue weighted by Gasteiger charge is 2.44. The Kier molecular flexibility index (Phi) is 6.20. The highest BCUT2D eigenvalue weighted by molar-refractivity contribution is 5.93. The number of hydrogen-bond donors (Lipinski definition) is 3. The first-order chi connectivity index (χ1) is 14.2. The molecule has 7 nitrogen and oxygen atoms in total. The predicted octanol–water partition coefficient (Wildman–Crippen LogP) is 3.96. The number of benzene rings is 2. The van der Waals surface area contributed by atoms with Gasteiger partial charge in [0.15, 0.2) is 0 Å². The summed E-state index contributed by atoms with van der Waals surface area (Å²) >= 11 is 0. The van der Waals surface area contributed by atoms with E-state index in [9.17, 15) is 9.59 Å². The molecule has 160 valence electrons. The van der Waals surface area contributed by atoms with Crippen LogP contribution in [-0.4, -0.2) is 26.2 Å². The molecule has 30 heavy (non-hydrogen) atoms. The maximum absolute atomic E-state index is 12.4. The van der Waals surface area contributed by atoms with Crippen LogP contribution in [0.2, 0.25) is 0 Å². The zero-order valence-corrected chi connectivity index (χ0v) is 18.0. The molecule has 7 heteroatoms. The van der Waals surface area contributed by atoms with Gasteiger partial charge in [0, 0.05) is 12.0 Å². The van der Waals surface area contributed by atoms with E-state index in [2.05, 4.69) is 61.2 Å². The van der Waals surface area contributed by atoms with E-state index in [1.54, 1.807) is 25.3 Å². The second-order valence-electron chi connectivity index (χ2n) is 8.46. The highest BCUT2D eigenvalue weighted by Crippen LogP contribution is 2.47. The topological polar surface area (TPSA) is 88.7 Å². The summed E-state index contributed by atoms with van der Waals surface area (Å²) in [4.78, 5) is 24.5. The molecule has 1 saturated carbocycles. The summed E-state index contributed by atoms with van der Waals surface area (Å²) in [5, 5.41) is 2.65. The van der Waals surface area contributed by atoms with Crippen molar-refractivity contribution in [3.8, 4) is 11.5 Å². The maximum Gasteiger partial charge on any atom is 0.338 e. The minimum atomic E-state index is -0.557. The lowest BCUT2D eigenvalue weighted by Gasteiger charge is -2.19. The van der Waals surface area contributed by atoms with Crippen LogP contribution in [0.3, 0.4) is 0 Å². The van der Waals surface area contributed by atoms with E-state index >= 15 is 0 Å². The Hall–Kier alpha value is -3.22. The van der Waals surface area contributed by atoms with Crippen molar-refractivity contribution in [2.75, 3.05) is 19.5 Å². The smallest absolute Gasteiger partial charge is 0.338 e. The molecule has 2 atom stereocenters. The van der Waals surface area contributed by atoms with Gasteiger partial charge in [-0.05, 0) is 41.0 Å². The normalized spacial score (nSPS) is 17.6. The van der Waals surface area contributed by atoms with Crippen LogP contribution < -0.4 is 25.6 Å². The Morgan fingerprint density at radius 1 is 0.967 bits per heavy atom. The molecule has 1 fully saturated rings. The highest BCUT2D eigenvalue weighted by atomic mass is 16.5. The van der Waals surface area contributed by atoms with E-state index in [-0.39, 0.29) is 23.2 Å². The van der Waals surface area contributed by atoms with Gasteiger partial charge < -0.3 is 14.8 Å². The first kappa shape index (κ1) is 21.5. The van der Waals surface area contributed by atoms with Crippen LogP contribution in [0.15, 0.2) is 42.5 Å². The van der Waals surface area contributed by atoms with Crippen molar-refractivity contribution in [1.29, 1.82) is 0 Å². The lowest BCUT2D eigenvalue weighted by molar-refractivity contribution is -0.123. The molecule has 0 unspecified atom stereocenters. The summed E-state index contributed by atoms with van der Waals surface area (Å²) in [6.45, 7) is 6.52. The number of rotatable bonds is 5. The van der Waals surface area contributed by atoms with E-state index in [0.717, 1.165) is 12.0 Å². The van der Waals surface area contributed by atoms with E-state index in [1.165, 1.54) is 12.7 Å². The molecular formula is C23H29N3O4. The number of amides is 3. The molecule has 0 aliphatic heterocycles. The second kappa shape index (κ2) is 8.65. The summed E-state index contributed by atoms with van der Waals surface area (Å²) in [7, 11) is 3.05. The lowest BCUT2D eigenvalue weighted by Crippen LogP contribution is -2.44. The van der Waals surface area contributed by atoms with Crippen molar-refractivity contribution < 1.29 is 19.1 Å². The van der Waals surface area contributed by atoms with Crippen molar-refractivity contribution in [2.24, 2.45) is 5.92 Å². The van der Waals surface area contributed by atoms with E-state index in [0.29, 0.717) is 17.2 Å². The monoisotopic (exact) mass is 411 g/mol. The van der Waals surface area contributed by atoms with Gasteiger partial charge in [-0.2, -0.15) is 0 Å². The molecule has 0 aromatic heterocycles. The summed E-state index contributed by atoms with van der Waals surface area (Å²) in [6, 6.07) is 12.9. The van der Waals surface area contributed by atoms with Crippen molar-refractivity contribution >= 4 is 17.6 Å². The predicted molar refractivity (Wildman–Crippen MR) is 116 cm³/mol. The molecule has 0 bridgehead atoms. The fourth-order valence-electron chi connectivity index (χ4n) is 3.35. The largest absolute Gasteiger partial charge is 0.497 e. The summed E-state index contributed by atoms with van der Waals surface area (Å²) < 4.78 is 10.4. The fourth-order valence-corrected chi connectivity index (χ4v) is 3.35. The Balaban J connectivity index is 1.50. The Morgan fingerprint density at radius 2 is 1.67 bits per heavy atom. The number of methoxy groups -OCH3 is 2. The minimum Gasteiger partial charge on any atom is -0.497 e. The minimum absolute atomic E-state index is 0.0999. The van der Waals surface area contributed by atoms with Crippen LogP contribution in [-0.2, 0) is 10.2 Å². The zero-order chi connectivity index (χ0) is 21.9. The molecule has 3 amide bonds. The van der Waals surface area contributed by atoms with Crippen LogP contribution in [0, 0.1) is 5.92 Å². The first-order valence-corrected chi connectivity index (χ1v) is 9.92. The molecule has 2 aromatic carbocycles. The molecule has 1 aliphatic carbocycles. The fraction of sp³-hybridized carbons (Fsp3) is 0.391. The quantitative estimate of drug-likeness (QED) is 0.650. The molecule has 3 rings (SSSR count). The standard InChI is InChI=1S/C23H29N3O4/c1-23(2,3)15-8-6-14(7-9-15)17-13-18(17)21(27)25-26-22(28)24-19-11-10-16(29-4)12-20(19)30-5/h6-12,17-18H,13H2,1-5H3,(H,25,27)(H2,24,26,28)/t17-,18-/m1/s1. The van der Waals surface area contributed by atoms with Crippen LogP contribution in [0.25, 0.3) is 0 Å². The third-order valence-corrected chi connectivity index (χ3v) is 5.29. The van der Waals surface area contributed by atoms with Gasteiger partial charge in [-0.15, -0.1) is 0 Å². The van der Waals surface area contributed by atoms with E-state index in [4.69, 9.17) is 9.47 Å². The van der Waals surface area contributed by atoms with Crippen molar-refractivity contribution in [3.05, 3.63) is 53.6 Å². The number of hydrogen-bond acceptors (Lipinski definition) is 4. The molecule has 2 aromatic rings. The Morgan fingerprint density at radius 3 is 2.27 bits per heavy atom.